The number of hydrogen-bond acceptors (Lipinski definition) is 5. The van der Waals surface area contributed by atoms with E-state index >= 15 is 0 Å². The summed E-state index contributed by atoms with van der Waals surface area (Å²) in [6.45, 7) is 0. The molecule has 6 nitrogen and oxygen atoms in total. The maximum atomic E-state index is 12.8. The van der Waals surface area contributed by atoms with Crippen molar-refractivity contribution in [1.29, 1.82) is 0 Å². The molecule has 0 saturated carbocycles. The van der Waals surface area contributed by atoms with Gasteiger partial charge in [-0.15, -0.1) is 0 Å². The summed E-state index contributed by atoms with van der Waals surface area (Å²) in [7, 11) is 6.56. The number of benzene rings is 3. The number of likely N-dealkylation sites (N-methyl/N-ethyl adjacent to an activating group) is 1. The predicted octanol–water partition coefficient (Wildman–Crippen LogP) is 4.46. The Morgan fingerprint density at radius 3 is 2.12 bits per heavy atom. The average Bonchev–Trinajstić information content (AvgIpc) is 2.88. The molecule has 0 fully saturated rings. The van der Waals surface area contributed by atoms with Crippen LogP contribution in [0, 0.1) is 0 Å². The molecule has 3 aromatic carbocycles. The number of carbonyl (C=O) groups excluding carboxylic acids is 1. The number of carbonyl (C=O) groups is 1. The van der Waals surface area contributed by atoms with Crippen LogP contribution in [-0.4, -0.2) is 34.3 Å². The highest BCUT2D eigenvalue weighted by atomic mass is 16.5. The van der Waals surface area contributed by atoms with E-state index in [1.807, 2.05) is 60.7 Å². The molecule has 0 saturated heterocycles. The van der Waals surface area contributed by atoms with Gasteiger partial charge in [-0.1, -0.05) is 48.5 Å². The molecule has 0 bridgehead atoms. The predicted molar refractivity (Wildman–Crippen MR) is 130 cm³/mol. The lowest BCUT2D eigenvalue weighted by atomic mass is 9.96. The molecule has 0 spiro atoms. The van der Waals surface area contributed by atoms with Gasteiger partial charge in [-0.05, 0) is 53.8 Å². The number of hydrogen-bond donors (Lipinski definition) is 2. The first-order chi connectivity index (χ1) is 16.1. The Labute approximate surface area is 195 Å². The van der Waals surface area contributed by atoms with Gasteiger partial charge < -0.3 is 19.5 Å². The Morgan fingerprint density at radius 1 is 0.818 bits per heavy atom. The fourth-order valence-electron chi connectivity index (χ4n) is 3.83. The van der Waals surface area contributed by atoms with Gasteiger partial charge in [0.1, 0.15) is 11.8 Å². The Morgan fingerprint density at radius 2 is 1.52 bits per heavy atom. The first kappa shape index (κ1) is 24.1. The minimum absolute atomic E-state index is 0.0869. The Bertz CT molecular complexity index is 1020. The van der Waals surface area contributed by atoms with E-state index in [1.165, 1.54) is 5.56 Å². The summed E-state index contributed by atoms with van der Waals surface area (Å²) >= 11 is 0. The van der Waals surface area contributed by atoms with Crippen LogP contribution in [0.1, 0.15) is 35.2 Å². The summed E-state index contributed by atoms with van der Waals surface area (Å²) in [5.41, 5.74) is 3.12. The van der Waals surface area contributed by atoms with Crippen molar-refractivity contribution in [2.24, 2.45) is 0 Å². The minimum Gasteiger partial charge on any atom is -0.497 e. The zero-order chi connectivity index (χ0) is 23.6. The standard InChI is InChI=1S/C27H32N2O4/c1-28-27(30)26(20-8-6-5-7-9-20)29-23(16-12-19-10-14-22(31-2)15-11-19)21-13-17-24(32-3)25(18-21)33-4/h5-11,13-15,17-18,23,26,29H,12,16H2,1-4H3,(H,28,30)/t23-,26-/m0/s1. The molecular formula is C27H32N2O4. The summed E-state index contributed by atoms with van der Waals surface area (Å²) in [5.74, 6) is 2.07. The summed E-state index contributed by atoms with van der Waals surface area (Å²) in [6, 6.07) is 23.1. The average molecular weight is 449 g/mol. The third-order valence-corrected chi connectivity index (χ3v) is 5.70. The van der Waals surface area contributed by atoms with Gasteiger partial charge >= 0.3 is 0 Å². The van der Waals surface area contributed by atoms with Crippen LogP contribution in [0.4, 0.5) is 0 Å². The van der Waals surface area contributed by atoms with Gasteiger partial charge in [0.05, 0.1) is 21.3 Å². The number of ether oxygens (including phenoxy) is 3. The maximum Gasteiger partial charge on any atom is 0.241 e. The first-order valence-corrected chi connectivity index (χ1v) is 11.0. The molecule has 0 unspecified atom stereocenters. The van der Waals surface area contributed by atoms with Crippen LogP contribution < -0.4 is 24.8 Å². The highest BCUT2D eigenvalue weighted by Gasteiger charge is 2.24. The highest BCUT2D eigenvalue weighted by Crippen LogP contribution is 2.33. The second-order valence-electron chi connectivity index (χ2n) is 7.68. The molecule has 6 heteroatoms. The van der Waals surface area contributed by atoms with E-state index in [0.717, 1.165) is 29.7 Å². The Kier molecular flexibility index (Phi) is 8.72. The molecule has 1 amide bonds. The lowest BCUT2D eigenvalue weighted by molar-refractivity contribution is -0.123. The first-order valence-electron chi connectivity index (χ1n) is 11.0. The molecule has 0 heterocycles. The largest absolute Gasteiger partial charge is 0.497 e. The third-order valence-electron chi connectivity index (χ3n) is 5.70. The van der Waals surface area contributed by atoms with Gasteiger partial charge in [0.25, 0.3) is 0 Å². The van der Waals surface area contributed by atoms with E-state index in [1.54, 1.807) is 28.4 Å². The van der Waals surface area contributed by atoms with Crippen molar-refractivity contribution in [3.8, 4) is 17.2 Å². The molecule has 0 aliphatic heterocycles. The second-order valence-corrected chi connectivity index (χ2v) is 7.68. The van der Waals surface area contributed by atoms with Crippen LogP contribution in [0.3, 0.4) is 0 Å². The monoisotopic (exact) mass is 448 g/mol. The smallest absolute Gasteiger partial charge is 0.241 e. The molecule has 3 rings (SSSR count). The molecule has 0 aliphatic rings. The fraction of sp³-hybridized carbons (Fsp3) is 0.296. The van der Waals surface area contributed by atoms with E-state index in [2.05, 4.69) is 22.8 Å². The Hall–Kier alpha value is -3.51. The molecule has 174 valence electrons. The van der Waals surface area contributed by atoms with Crippen LogP contribution in [-0.2, 0) is 11.2 Å². The van der Waals surface area contributed by atoms with Crippen molar-refractivity contribution in [1.82, 2.24) is 10.6 Å². The van der Waals surface area contributed by atoms with E-state index in [-0.39, 0.29) is 11.9 Å². The molecule has 0 aromatic heterocycles. The van der Waals surface area contributed by atoms with Crippen LogP contribution >= 0.6 is 0 Å². The zero-order valence-corrected chi connectivity index (χ0v) is 19.6. The number of nitrogens with one attached hydrogen (secondary N) is 2. The van der Waals surface area contributed by atoms with Crippen molar-refractivity contribution < 1.29 is 19.0 Å². The molecule has 33 heavy (non-hydrogen) atoms. The van der Waals surface area contributed by atoms with E-state index in [0.29, 0.717) is 11.5 Å². The highest BCUT2D eigenvalue weighted by molar-refractivity contribution is 5.83. The van der Waals surface area contributed by atoms with Crippen molar-refractivity contribution in [3.63, 3.8) is 0 Å². The molecule has 2 N–H and O–H groups in total. The van der Waals surface area contributed by atoms with Gasteiger partial charge in [-0.25, -0.2) is 0 Å². The van der Waals surface area contributed by atoms with Crippen LogP contribution in [0.25, 0.3) is 0 Å². The summed E-state index contributed by atoms with van der Waals surface area (Å²) in [6.07, 6.45) is 1.60. The van der Waals surface area contributed by atoms with Gasteiger partial charge in [0, 0.05) is 13.1 Å². The molecular weight excluding hydrogens is 416 g/mol. The fourth-order valence-corrected chi connectivity index (χ4v) is 3.83. The van der Waals surface area contributed by atoms with E-state index < -0.39 is 6.04 Å². The number of methoxy groups -OCH3 is 3. The van der Waals surface area contributed by atoms with Crippen molar-refractivity contribution in [3.05, 3.63) is 89.5 Å². The second kappa shape index (κ2) is 11.9. The minimum atomic E-state index is -0.495. The number of aryl methyl sites for hydroxylation is 1. The lowest BCUT2D eigenvalue weighted by Crippen LogP contribution is -2.38. The van der Waals surface area contributed by atoms with Crippen LogP contribution in [0.2, 0.25) is 0 Å². The van der Waals surface area contributed by atoms with Crippen molar-refractivity contribution in [2.75, 3.05) is 28.4 Å². The van der Waals surface area contributed by atoms with Crippen LogP contribution in [0.5, 0.6) is 17.2 Å². The molecule has 0 aliphatic carbocycles. The SMILES string of the molecule is CNC(=O)[C@@H](N[C@@H](CCc1ccc(OC)cc1)c1ccc(OC)c(OC)c1)c1ccccc1. The molecule has 2 atom stereocenters. The normalized spacial score (nSPS) is 12.5. The zero-order valence-electron chi connectivity index (χ0n) is 19.6. The van der Waals surface area contributed by atoms with E-state index in [4.69, 9.17) is 14.2 Å². The Balaban J connectivity index is 1.91. The van der Waals surface area contributed by atoms with Gasteiger partial charge in [0.2, 0.25) is 5.91 Å². The van der Waals surface area contributed by atoms with Gasteiger partial charge in [-0.2, -0.15) is 0 Å². The quantitative estimate of drug-likeness (QED) is 0.453. The third kappa shape index (κ3) is 6.26. The molecule has 0 radical (unpaired) electrons. The lowest BCUT2D eigenvalue weighted by Gasteiger charge is -2.26. The molecule has 3 aromatic rings. The summed E-state index contributed by atoms with van der Waals surface area (Å²) in [5, 5.41) is 6.37. The topological polar surface area (TPSA) is 68.8 Å². The van der Waals surface area contributed by atoms with Gasteiger partial charge in [-0.3, -0.25) is 10.1 Å². The van der Waals surface area contributed by atoms with Crippen LogP contribution in [0.15, 0.2) is 72.8 Å². The summed E-state index contributed by atoms with van der Waals surface area (Å²) < 4.78 is 16.2. The number of rotatable bonds is 11. The number of amides is 1. The maximum absolute atomic E-state index is 12.8. The van der Waals surface area contributed by atoms with Crippen molar-refractivity contribution >= 4 is 5.91 Å². The van der Waals surface area contributed by atoms with Gasteiger partial charge in [0.15, 0.2) is 11.5 Å². The summed E-state index contributed by atoms with van der Waals surface area (Å²) in [4.78, 5) is 12.8. The van der Waals surface area contributed by atoms with E-state index in [9.17, 15) is 4.79 Å². The van der Waals surface area contributed by atoms with Crippen molar-refractivity contribution in [2.45, 2.75) is 24.9 Å².